The molecule has 3 atom stereocenters. The quantitative estimate of drug-likeness (QED) is 0.368. The number of methoxy groups -OCH3 is 1. The molecular weight excluding hydrogens is 473 g/mol. The first-order chi connectivity index (χ1) is 17.5. The maximum Gasteiger partial charge on any atom is 0.294 e. The number of aryl methyl sites for hydroxylation is 1. The number of carbonyl (C=O) groups excluding carboxylic acids is 3. The van der Waals surface area contributed by atoms with Crippen molar-refractivity contribution in [3.8, 4) is 5.75 Å². The van der Waals surface area contributed by atoms with Crippen LogP contribution in [0, 0.1) is 17.7 Å². The van der Waals surface area contributed by atoms with Gasteiger partial charge in [0.25, 0.3) is 17.6 Å². The number of hydrogen-bond acceptors (Lipinski definition) is 4. The number of hydrogen-bond donors (Lipinski definition) is 0. The van der Waals surface area contributed by atoms with Crippen molar-refractivity contribution < 1.29 is 23.5 Å². The Morgan fingerprint density at radius 3 is 2.38 bits per heavy atom. The average Bonchev–Trinajstić information content (AvgIpc) is 3.20. The number of benzene rings is 2. The fourth-order valence-corrected chi connectivity index (χ4v) is 5.33. The molecule has 1 aromatic heterocycles. The molecule has 0 N–H and O–H groups in total. The van der Waals surface area contributed by atoms with E-state index in [1.807, 2.05) is 24.0 Å². The summed E-state index contributed by atoms with van der Waals surface area (Å²) in [7, 11) is 6.37. The fraction of sp³-hybridized carbons (Fsp3) is 0.414. The molecule has 7 nitrogen and oxygen atoms in total. The number of likely N-dealkylation sites (tertiary alicyclic amines) is 1. The van der Waals surface area contributed by atoms with Gasteiger partial charge in [-0.15, -0.1) is 0 Å². The predicted octanol–water partition coefficient (Wildman–Crippen LogP) is 4.33. The highest BCUT2D eigenvalue weighted by Gasteiger charge is 2.35. The van der Waals surface area contributed by atoms with Gasteiger partial charge in [-0.25, -0.2) is 4.39 Å². The van der Waals surface area contributed by atoms with Crippen molar-refractivity contribution >= 4 is 28.5 Å². The van der Waals surface area contributed by atoms with Crippen LogP contribution in [0.3, 0.4) is 0 Å². The number of ketones is 1. The van der Waals surface area contributed by atoms with Crippen LogP contribution in [-0.4, -0.2) is 65.8 Å². The first kappa shape index (κ1) is 26.4. The molecule has 8 heteroatoms. The van der Waals surface area contributed by atoms with Crippen LogP contribution in [0.5, 0.6) is 5.75 Å². The minimum absolute atomic E-state index is 0.0123. The Labute approximate surface area is 216 Å². The van der Waals surface area contributed by atoms with Gasteiger partial charge in [-0.2, -0.15) is 0 Å². The van der Waals surface area contributed by atoms with Gasteiger partial charge in [-0.3, -0.25) is 14.4 Å². The van der Waals surface area contributed by atoms with Gasteiger partial charge < -0.3 is 19.1 Å². The molecule has 3 unspecified atom stereocenters. The van der Waals surface area contributed by atoms with Crippen LogP contribution in [0.2, 0.25) is 0 Å². The maximum absolute atomic E-state index is 13.8. The lowest BCUT2D eigenvalue weighted by Crippen LogP contribution is -2.48. The molecule has 1 aliphatic heterocycles. The van der Waals surface area contributed by atoms with Gasteiger partial charge in [0.05, 0.1) is 23.8 Å². The lowest BCUT2D eigenvalue weighted by atomic mass is 9.79. The number of rotatable bonds is 6. The van der Waals surface area contributed by atoms with Crippen molar-refractivity contribution in [3.63, 3.8) is 0 Å². The van der Waals surface area contributed by atoms with Crippen LogP contribution in [0.15, 0.2) is 42.6 Å². The van der Waals surface area contributed by atoms with E-state index < -0.39 is 11.7 Å². The molecule has 4 rings (SSSR count). The van der Waals surface area contributed by atoms with Gasteiger partial charge in [0.1, 0.15) is 11.6 Å². The predicted molar refractivity (Wildman–Crippen MR) is 140 cm³/mol. The van der Waals surface area contributed by atoms with E-state index in [4.69, 9.17) is 4.74 Å². The summed E-state index contributed by atoms with van der Waals surface area (Å²) in [4.78, 5) is 42.3. The Morgan fingerprint density at radius 1 is 1.08 bits per heavy atom. The number of nitrogens with zero attached hydrogens (tertiary/aromatic N) is 3. The van der Waals surface area contributed by atoms with Crippen LogP contribution >= 0.6 is 0 Å². The summed E-state index contributed by atoms with van der Waals surface area (Å²) < 4.78 is 20.7. The summed E-state index contributed by atoms with van der Waals surface area (Å²) in [6.45, 7) is 4.76. The van der Waals surface area contributed by atoms with Crippen molar-refractivity contribution in [3.05, 3.63) is 65.1 Å². The van der Waals surface area contributed by atoms with Gasteiger partial charge >= 0.3 is 0 Å². The summed E-state index contributed by atoms with van der Waals surface area (Å²) >= 11 is 0. The van der Waals surface area contributed by atoms with Crippen molar-refractivity contribution in [1.82, 2.24) is 14.4 Å². The molecular formula is C29H34FN3O4. The molecule has 1 aliphatic rings. The molecule has 196 valence electrons. The zero-order chi connectivity index (χ0) is 27.0. The average molecular weight is 508 g/mol. The van der Waals surface area contributed by atoms with Gasteiger partial charge in [0, 0.05) is 51.4 Å². The van der Waals surface area contributed by atoms with Gasteiger partial charge in [0.15, 0.2) is 0 Å². The highest BCUT2D eigenvalue weighted by Crippen LogP contribution is 2.35. The number of likely N-dealkylation sites (N-methyl/N-ethyl adjacent to an activating group) is 1. The number of halogens is 1. The number of Topliss-reactive ketones (excluding diaryl/α,β-unsaturated/α-hetero) is 1. The van der Waals surface area contributed by atoms with Gasteiger partial charge in [-0.1, -0.05) is 19.1 Å². The number of ether oxygens (including phenoxy) is 1. The zero-order valence-electron chi connectivity index (χ0n) is 22.2. The molecule has 0 aliphatic carbocycles. The Bertz CT molecular complexity index is 1350. The second-order valence-electron chi connectivity index (χ2n) is 10.4. The minimum atomic E-state index is -0.623. The maximum atomic E-state index is 13.8. The van der Waals surface area contributed by atoms with E-state index in [1.54, 1.807) is 29.9 Å². The summed E-state index contributed by atoms with van der Waals surface area (Å²) in [6.07, 6.45) is 3.27. The second kappa shape index (κ2) is 10.4. The molecule has 0 spiro atoms. The number of aromatic nitrogens is 1. The van der Waals surface area contributed by atoms with E-state index in [2.05, 4.69) is 6.92 Å². The van der Waals surface area contributed by atoms with E-state index in [-0.39, 0.29) is 29.2 Å². The fourth-order valence-electron chi connectivity index (χ4n) is 5.33. The van der Waals surface area contributed by atoms with E-state index in [0.29, 0.717) is 34.7 Å². The Morgan fingerprint density at radius 2 is 1.76 bits per heavy atom. The lowest BCUT2D eigenvalue weighted by Gasteiger charge is -2.42. The van der Waals surface area contributed by atoms with E-state index in [9.17, 15) is 18.8 Å². The van der Waals surface area contributed by atoms with Gasteiger partial charge in [0.2, 0.25) is 0 Å². The summed E-state index contributed by atoms with van der Waals surface area (Å²) in [5.41, 5.74) is 2.41. The SMILES string of the molecule is COc1cc2c(cc1C(=O)N1CC(C)C(Cc3ccc(F)cc3)CC1C)c(C(=O)C(=O)N(C)C)cn2C. The molecule has 0 bridgehead atoms. The third kappa shape index (κ3) is 5.10. The number of amides is 2. The number of carbonyl (C=O) groups is 3. The van der Waals surface area contributed by atoms with Crippen molar-refractivity contribution in [2.75, 3.05) is 27.7 Å². The molecule has 1 saturated heterocycles. The molecule has 0 radical (unpaired) electrons. The van der Waals surface area contributed by atoms with E-state index in [0.717, 1.165) is 18.4 Å². The van der Waals surface area contributed by atoms with Crippen molar-refractivity contribution in [2.45, 2.75) is 32.7 Å². The number of fused-ring (bicyclic) bond motifs is 1. The Balaban J connectivity index is 1.63. The molecule has 0 saturated carbocycles. The van der Waals surface area contributed by atoms with Crippen LogP contribution in [0.1, 0.15) is 46.5 Å². The normalized spacial score (nSPS) is 19.6. The smallest absolute Gasteiger partial charge is 0.294 e. The second-order valence-corrected chi connectivity index (χ2v) is 10.4. The first-order valence-electron chi connectivity index (χ1n) is 12.5. The van der Waals surface area contributed by atoms with Crippen LogP contribution in [-0.2, 0) is 18.3 Å². The highest BCUT2D eigenvalue weighted by molar-refractivity contribution is 6.44. The first-order valence-corrected chi connectivity index (χ1v) is 12.5. The standard InChI is InChI=1S/C29H34FN3O4/c1-17-15-33(18(2)11-20(17)12-19-7-9-21(30)10-8-19)28(35)23-13-22-24(27(34)29(36)31(3)4)16-32(5)25(22)14-26(23)37-6/h7-10,13-14,16-18,20H,11-12,15H2,1-6H3. The monoisotopic (exact) mass is 507 g/mol. The Kier molecular flexibility index (Phi) is 7.39. The Hall–Kier alpha value is -3.68. The number of piperidine rings is 1. The largest absolute Gasteiger partial charge is 0.496 e. The van der Waals surface area contributed by atoms with Crippen molar-refractivity contribution in [1.29, 1.82) is 0 Å². The topological polar surface area (TPSA) is 71.8 Å². The minimum Gasteiger partial charge on any atom is -0.496 e. The van der Waals surface area contributed by atoms with Crippen LogP contribution in [0.25, 0.3) is 10.9 Å². The zero-order valence-corrected chi connectivity index (χ0v) is 22.2. The summed E-state index contributed by atoms with van der Waals surface area (Å²) in [5, 5.41) is 0.541. The van der Waals surface area contributed by atoms with Gasteiger partial charge in [-0.05, 0) is 55.4 Å². The van der Waals surface area contributed by atoms with Crippen LogP contribution in [0.4, 0.5) is 4.39 Å². The van der Waals surface area contributed by atoms with Crippen molar-refractivity contribution in [2.24, 2.45) is 18.9 Å². The molecule has 2 heterocycles. The van der Waals surface area contributed by atoms with E-state index >= 15 is 0 Å². The third-order valence-corrected chi connectivity index (χ3v) is 7.52. The molecule has 2 aromatic carbocycles. The summed E-state index contributed by atoms with van der Waals surface area (Å²) in [5.74, 6) is -0.629. The lowest BCUT2D eigenvalue weighted by molar-refractivity contribution is -0.124. The third-order valence-electron chi connectivity index (χ3n) is 7.52. The molecule has 37 heavy (non-hydrogen) atoms. The highest BCUT2D eigenvalue weighted by atomic mass is 19.1. The summed E-state index contributed by atoms with van der Waals surface area (Å²) in [6, 6.07) is 10.0. The molecule has 2 amide bonds. The molecule has 1 fully saturated rings. The van der Waals surface area contributed by atoms with Crippen LogP contribution < -0.4 is 4.74 Å². The van der Waals surface area contributed by atoms with E-state index in [1.165, 1.54) is 38.2 Å². The molecule has 3 aromatic rings.